The number of aromatic nitrogens is 6. The lowest BCUT2D eigenvalue weighted by Crippen LogP contribution is -2.23. The summed E-state index contributed by atoms with van der Waals surface area (Å²) in [4.78, 5) is 9.73. The van der Waals surface area contributed by atoms with Crippen LogP contribution in [-0.4, -0.2) is 47.3 Å². The number of hydrogen-bond donors (Lipinski definition) is 2. The van der Waals surface area contributed by atoms with E-state index >= 15 is 0 Å². The average Bonchev–Trinajstić information content (AvgIpc) is 3.42. The van der Waals surface area contributed by atoms with E-state index in [1.165, 1.54) is 0 Å². The predicted molar refractivity (Wildman–Crippen MR) is 133 cm³/mol. The van der Waals surface area contributed by atoms with Gasteiger partial charge in [-0.3, -0.25) is 4.68 Å². The third-order valence-electron chi connectivity index (χ3n) is 5.44. The number of aliphatic hydroxyl groups excluding tert-OH is 1. The van der Waals surface area contributed by atoms with Crippen molar-refractivity contribution < 1.29 is 9.84 Å². The summed E-state index contributed by atoms with van der Waals surface area (Å²) in [7, 11) is 1.90. The Hall–Kier alpha value is -3.46. The Morgan fingerprint density at radius 2 is 1.97 bits per heavy atom. The fourth-order valence-corrected chi connectivity index (χ4v) is 3.75. The molecule has 3 heterocycles. The van der Waals surface area contributed by atoms with Gasteiger partial charge in [-0.1, -0.05) is 25.5 Å². The first-order chi connectivity index (χ1) is 16.2. The minimum Gasteiger partial charge on any atom is -0.491 e. The molecule has 180 valence electrons. The zero-order valence-electron chi connectivity index (χ0n) is 20.5. The van der Waals surface area contributed by atoms with Crippen molar-refractivity contribution in [2.45, 2.75) is 58.7 Å². The molecule has 0 radical (unpaired) electrons. The quantitative estimate of drug-likeness (QED) is 0.385. The largest absolute Gasteiger partial charge is 0.491 e. The maximum Gasteiger partial charge on any atom is 0.164 e. The number of nitrogens with one attached hydrogen (secondary N) is 1. The van der Waals surface area contributed by atoms with Gasteiger partial charge in [-0.2, -0.15) is 10.2 Å². The van der Waals surface area contributed by atoms with E-state index in [1.54, 1.807) is 4.68 Å². The van der Waals surface area contributed by atoms with E-state index < -0.39 is 6.10 Å². The molecule has 1 unspecified atom stereocenters. The lowest BCUT2D eigenvalue weighted by atomic mass is 10.1. The lowest BCUT2D eigenvalue weighted by Gasteiger charge is -2.20. The van der Waals surface area contributed by atoms with Crippen molar-refractivity contribution in [3.05, 3.63) is 48.4 Å². The summed E-state index contributed by atoms with van der Waals surface area (Å²) in [6, 6.07) is 7.65. The van der Waals surface area contributed by atoms with E-state index in [9.17, 15) is 5.11 Å². The molecule has 9 heteroatoms. The standard InChI is InChI=1S/C25H33N7O2/c1-6-8-19(33)16-34-20-10-7-9-18(11-20)22-29-23(26-12-17-13-27-31(5)15-17)21-14-28-32(24(21)30-22)25(2,3)4/h7,9-11,13-15,19,33H,6,8,12,16H2,1-5H3,(H,26,29,30). The monoisotopic (exact) mass is 463 g/mol. The van der Waals surface area contributed by atoms with Crippen LogP contribution in [0.3, 0.4) is 0 Å². The number of aliphatic hydroxyl groups is 1. The Balaban J connectivity index is 1.70. The molecule has 3 aromatic heterocycles. The molecule has 0 spiro atoms. The fourth-order valence-electron chi connectivity index (χ4n) is 3.75. The summed E-state index contributed by atoms with van der Waals surface area (Å²) in [6.45, 7) is 9.17. The van der Waals surface area contributed by atoms with Gasteiger partial charge in [0.2, 0.25) is 0 Å². The number of aryl methyl sites for hydroxylation is 1. The smallest absolute Gasteiger partial charge is 0.164 e. The molecule has 0 saturated heterocycles. The molecule has 4 rings (SSSR count). The molecule has 34 heavy (non-hydrogen) atoms. The van der Waals surface area contributed by atoms with Gasteiger partial charge >= 0.3 is 0 Å². The van der Waals surface area contributed by atoms with Crippen molar-refractivity contribution in [1.82, 2.24) is 29.5 Å². The van der Waals surface area contributed by atoms with Crippen LogP contribution in [0.15, 0.2) is 42.9 Å². The Kier molecular flexibility index (Phi) is 6.83. The van der Waals surface area contributed by atoms with E-state index in [1.807, 2.05) is 61.5 Å². The molecule has 0 fully saturated rings. The first-order valence-corrected chi connectivity index (χ1v) is 11.6. The van der Waals surface area contributed by atoms with Gasteiger partial charge in [0.05, 0.1) is 29.4 Å². The number of benzene rings is 1. The van der Waals surface area contributed by atoms with Crippen LogP contribution in [0.1, 0.15) is 46.1 Å². The van der Waals surface area contributed by atoms with Crippen molar-refractivity contribution in [3.8, 4) is 17.1 Å². The second-order valence-corrected chi connectivity index (χ2v) is 9.52. The minimum absolute atomic E-state index is 0.242. The molecule has 1 aromatic carbocycles. The summed E-state index contributed by atoms with van der Waals surface area (Å²) >= 11 is 0. The molecular formula is C25H33N7O2. The number of fused-ring (bicyclic) bond motifs is 1. The van der Waals surface area contributed by atoms with Gasteiger partial charge in [-0.25, -0.2) is 14.6 Å². The summed E-state index contributed by atoms with van der Waals surface area (Å²) in [6.07, 6.45) is 6.75. The third kappa shape index (κ3) is 5.36. The molecule has 0 saturated carbocycles. The lowest BCUT2D eigenvalue weighted by molar-refractivity contribution is 0.0994. The third-order valence-corrected chi connectivity index (χ3v) is 5.44. The zero-order valence-corrected chi connectivity index (χ0v) is 20.5. The zero-order chi connectivity index (χ0) is 24.3. The van der Waals surface area contributed by atoms with Crippen molar-refractivity contribution in [1.29, 1.82) is 0 Å². The van der Waals surface area contributed by atoms with Gasteiger partial charge in [0.15, 0.2) is 11.5 Å². The molecule has 0 aliphatic heterocycles. The Labute approximate surface area is 199 Å². The summed E-state index contributed by atoms with van der Waals surface area (Å²) in [5, 5.41) is 23.2. The molecular weight excluding hydrogens is 430 g/mol. The van der Waals surface area contributed by atoms with E-state index in [2.05, 4.69) is 36.3 Å². The molecule has 1 atom stereocenters. The molecule has 0 aliphatic carbocycles. The Morgan fingerprint density at radius 1 is 1.15 bits per heavy atom. The van der Waals surface area contributed by atoms with E-state index in [-0.39, 0.29) is 12.1 Å². The van der Waals surface area contributed by atoms with Gasteiger partial charge in [0.25, 0.3) is 0 Å². The van der Waals surface area contributed by atoms with Gasteiger partial charge in [0.1, 0.15) is 18.2 Å². The Bertz CT molecular complexity index is 1260. The fraction of sp³-hybridized carbons (Fsp3) is 0.440. The second kappa shape index (κ2) is 9.80. The highest BCUT2D eigenvalue weighted by Crippen LogP contribution is 2.29. The number of anilines is 1. The van der Waals surface area contributed by atoms with Crippen LogP contribution in [0.25, 0.3) is 22.4 Å². The van der Waals surface area contributed by atoms with Crippen molar-refractivity contribution in [2.75, 3.05) is 11.9 Å². The molecule has 9 nitrogen and oxygen atoms in total. The van der Waals surface area contributed by atoms with E-state index in [0.29, 0.717) is 30.4 Å². The van der Waals surface area contributed by atoms with Crippen LogP contribution in [0.2, 0.25) is 0 Å². The van der Waals surface area contributed by atoms with Crippen LogP contribution in [0.5, 0.6) is 5.75 Å². The normalized spacial score (nSPS) is 12.8. The highest BCUT2D eigenvalue weighted by atomic mass is 16.5. The predicted octanol–water partition coefficient (Wildman–Crippen LogP) is 4.13. The van der Waals surface area contributed by atoms with Crippen LogP contribution < -0.4 is 10.1 Å². The average molecular weight is 464 g/mol. The summed E-state index contributed by atoms with van der Waals surface area (Å²) < 4.78 is 9.52. The van der Waals surface area contributed by atoms with Crippen LogP contribution in [0, 0.1) is 0 Å². The van der Waals surface area contributed by atoms with Crippen molar-refractivity contribution in [3.63, 3.8) is 0 Å². The minimum atomic E-state index is -0.481. The molecule has 4 aromatic rings. The van der Waals surface area contributed by atoms with Crippen LogP contribution >= 0.6 is 0 Å². The Morgan fingerprint density at radius 3 is 2.68 bits per heavy atom. The summed E-state index contributed by atoms with van der Waals surface area (Å²) in [5.74, 6) is 1.96. The maximum atomic E-state index is 10.0. The van der Waals surface area contributed by atoms with Crippen LogP contribution in [-0.2, 0) is 19.1 Å². The SMILES string of the molecule is CCCC(O)COc1cccc(-c2nc(NCc3cnn(C)c3)c3cnn(C(C)(C)C)c3n2)c1. The van der Waals surface area contributed by atoms with Gasteiger partial charge in [0, 0.05) is 30.9 Å². The highest BCUT2D eigenvalue weighted by molar-refractivity contribution is 5.88. The highest BCUT2D eigenvalue weighted by Gasteiger charge is 2.21. The first-order valence-electron chi connectivity index (χ1n) is 11.6. The molecule has 0 amide bonds. The molecule has 2 N–H and O–H groups in total. The van der Waals surface area contributed by atoms with E-state index in [4.69, 9.17) is 14.7 Å². The number of nitrogens with zero attached hydrogens (tertiary/aromatic N) is 6. The van der Waals surface area contributed by atoms with Crippen LogP contribution in [0.4, 0.5) is 5.82 Å². The maximum absolute atomic E-state index is 10.0. The first kappa shape index (κ1) is 23.7. The molecule has 0 aliphatic rings. The van der Waals surface area contributed by atoms with E-state index in [0.717, 1.165) is 28.6 Å². The number of ether oxygens (including phenoxy) is 1. The second-order valence-electron chi connectivity index (χ2n) is 9.52. The number of rotatable bonds is 9. The van der Waals surface area contributed by atoms with Crippen molar-refractivity contribution in [2.24, 2.45) is 7.05 Å². The summed E-state index contributed by atoms with van der Waals surface area (Å²) in [5.41, 5.74) is 2.40. The van der Waals surface area contributed by atoms with Gasteiger partial charge in [-0.05, 0) is 39.3 Å². The molecule has 0 bridgehead atoms. The topological polar surface area (TPSA) is 103 Å². The number of hydrogen-bond acceptors (Lipinski definition) is 7. The van der Waals surface area contributed by atoms with Gasteiger partial charge < -0.3 is 15.2 Å². The van der Waals surface area contributed by atoms with Crippen molar-refractivity contribution >= 4 is 16.9 Å². The van der Waals surface area contributed by atoms with Gasteiger partial charge in [-0.15, -0.1) is 0 Å².